The van der Waals surface area contributed by atoms with Crippen LogP contribution in [-0.4, -0.2) is 30.1 Å². The molecule has 0 bridgehead atoms. The molecule has 1 saturated carbocycles. The average molecular weight is 292 g/mol. The summed E-state index contributed by atoms with van der Waals surface area (Å²) in [5.41, 5.74) is 0. The lowest BCUT2D eigenvalue weighted by Crippen LogP contribution is -2.35. The maximum absolute atomic E-state index is 11.7. The monoisotopic (exact) mass is 291 g/mol. The van der Waals surface area contributed by atoms with Gasteiger partial charge in [-0.15, -0.1) is 0 Å². The maximum Gasteiger partial charge on any atom is 0.264 e. The zero-order chi connectivity index (χ0) is 13.2. The summed E-state index contributed by atoms with van der Waals surface area (Å²) in [4.78, 5) is 11.6. The highest BCUT2D eigenvalue weighted by Crippen LogP contribution is 2.17. The van der Waals surface area contributed by atoms with E-state index in [1.165, 1.54) is 10.9 Å². The summed E-state index contributed by atoms with van der Waals surface area (Å²) < 4.78 is 23.3. The molecule has 1 amide bonds. The molecule has 8 heteroatoms. The van der Waals surface area contributed by atoms with E-state index in [0.29, 0.717) is 0 Å². The predicted octanol–water partition coefficient (Wildman–Crippen LogP) is 0.869. The van der Waals surface area contributed by atoms with Crippen LogP contribution in [0.3, 0.4) is 0 Å². The van der Waals surface area contributed by atoms with Crippen LogP contribution in [0.1, 0.15) is 25.7 Å². The minimum atomic E-state index is -3.78. The first-order valence-corrected chi connectivity index (χ1v) is 8.02. The van der Waals surface area contributed by atoms with Gasteiger partial charge in [-0.2, -0.15) is 5.10 Å². The second-order valence-corrected chi connectivity index (χ2v) is 6.93. The van der Waals surface area contributed by atoms with E-state index >= 15 is 0 Å². The Morgan fingerprint density at radius 3 is 2.72 bits per heavy atom. The largest absolute Gasteiger partial charge is 0.352 e. The van der Waals surface area contributed by atoms with Crippen LogP contribution >= 0.6 is 10.7 Å². The minimum Gasteiger partial charge on any atom is -0.352 e. The minimum absolute atomic E-state index is 0.00289. The summed E-state index contributed by atoms with van der Waals surface area (Å²) in [6.07, 6.45) is 6.67. The van der Waals surface area contributed by atoms with Gasteiger partial charge in [-0.3, -0.25) is 9.48 Å². The molecule has 100 valence electrons. The van der Waals surface area contributed by atoms with Gasteiger partial charge in [-0.1, -0.05) is 12.8 Å². The van der Waals surface area contributed by atoms with Crippen LogP contribution in [0.15, 0.2) is 17.3 Å². The Morgan fingerprint density at radius 1 is 1.50 bits per heavy atom. The number of nitrogens with zero attached hydrogens (tertiary/aromatic N) is 2. The molecule has 1 aliphatic carbocycles. The van der Waals surface area contributed by atoms with Crippen molar-refractivity contribution >= 4 is 25.6 Å². The fourth-order valence-electron chi connectivity index (χ4n) is 2.05. The van der Waals surface area contributed by atoms with E-state index in [-0.39, 0.29) is 23.4 Å². The Morgan fingerprint density at radius 2 is 2.17 bits per heavy atom. The molecule has 0 unspecified atom stereocenters. The molecule has 0 saturated heterocycles. The summed E-state index contributed by atoms with van der Waals surface area (Å²) in [7, 11) is 1.38. The molecule has 1 aromatic heterocycles. The smallest absolute Gasteiger partial charge is 0.264 e. The Labute approximate surface area is 110 Å². The zero-order valence-corrected chi connectivity index (χ0v) is 11.2. The highest BCUT2D eigenvalue weighted by atomic mass is 35.7. The summed E-state index contributed by atoms with van der Waals surface area (Å²) in [6, 6.07) is 0.240. The molecular weight excluding hydrogens is 278 g/mol. The van der Waals surface area contributed by atoms with Crippen LogP contribution in [0.25, 0.3) is 0 Å². The van der Waals surface area contributed by atoms with E-state index in [1.54, 1.807) is 0 Å². The third-order valence-electron chi connectivity index (χ3n) is 2.92. The van der Waals surface area contributed by atoms with Crippen LogP contribution in [-0.2, 0) is 20.4 Å². The van der Waals surface area contributed by atoms with Crippen molar-refractivity contribution in [3.05, 3.63) is 12.4 Å². The number of aromatic nitrogens is 2. The Bertz CT molecular complexity index is 534. The molecule has 1 aliphatic rings. The molecule has 18 heavy (non-hydrogen) atoms. The molecule has 6 nitrogen and oxygen atoms in total. The lowest BCUT2D eigenvalue weighted by Gasteiger charge is -2.11. The molecule has 1 heterocycles. The van der Waals surface area contributed by atoms with E-state index in [1.807, 2.05) is 0 Å². The van der Waals surface area contributed by atoms with Gasteiger partial charge in [0.25, 0.3) is 9.05 Å². The first-order valence-electron chi connectivity index (χ1n) is 5.71. The van der Waals surface area contributed by atoms with E-state index < -0.39 is 9.05 Å². The van der Waals surface area contributed by atoms with Crippen molar-refractivity contribution in [2.24, 2.45) is 0 Å². The predicted molar refractivity (Wildman–Crippen MR) is 65.7 cm³/mol. The highest BCUT2D eigenvalue weighted by molar-refractivity contribution is 8.13. The number of carbonyl (C=O) groups excluding carboxylic acids is 1. The number of amides is 1. The summed E-state index contributed by atoms with van der Waals surface area (Å²) >= 11 is 0. The van der Waals surface area contributed by atoms with Gasteiger partial charge in [-0.05, 0) is 12.8 Å². The van der Waals surface area contributed by atoms with E-state index in [0.717, 1.165) is 31.9 Å². The van der Waals surface area contributed by atoms with Gasteiger partial charge in [0, 0.05) is 22.9 Å². The SMILES string of the molecule is O=C(Cn1cc(S(=O)(=O)Cl)cn1)NC1CCCC1. The number of carbonyl (C=O) groups is 1. The molecule has 1 fully saturated rings. The van der Waals surface area contributed by atoms with Crippen molar-refractivity contribution in [3.8, 4) is 0 Å². The summed E-state index contributed by atoms with van der Waals surface area (Å²) in [6.45, 7) is 0.00289. The van der Waals surface area contributed by atoms with Crippen LogP contribution in [0, 0.1) is 0 Å². The van der Waals surface area contributed by atoms with E-state index in [2.05, 4.69) is 10.4 Å². The van der Waals surface area contributed by atoms with Crippen molar-refractivity contribution in [1.29, 1.82) is 0 Å². The normalized spacial score (nSPS) is 16.9. The molecule has 1 aromatic rings. The van der Waals surface area contributed by atoms with Gasteiger partial charge in [0.1, 0.15) is 11.4 Å². The Hall–Kier alpha value is -1.08. The Kier molecular flexibility index (Phi) is 3.91. The number of hydrogen-bond donors (Lipinski definition) is 1. The first-order chi connectivity index (χ1) is 8.45. The van der Waals surface area contributed by atoms with Gasteiger partial charge in [0.2, 0.25) is 5.91 Å². The van der Waals surface area contributed by atoms with E-state index in [4.69, 9.17) is 10.7 Å². The molecule has 1 N–H and O–H groups in total. The second-order valence-electron chi connectivity index (χ2n) is 4.36. The fourth-order valence-corrected chi connectivity index (χ4v) is 2.71. The van der Waals surface area contributed by atoms with E-state index in [9.17, 15) is 13.2 Å². The van der Waals surface area contributed by atoms with Crippen LogP contribution in [0.5, 0.6) is 0 Å². The second kappa shape index (κ2) is 5.27. The van der Waals surface area contributed by atoms with Gasteiger partial charge < -0.3 is 5.32 Å². The van der Waals surface area contributed by atoms with Gasteiger partial charge in [-0.25, -0.2) is 8.42 Å². The quantitative estimate of drug-likeness (QED) is 0.835. The first kappa shape index (κ1) is 13.4. The lowest BCUT2D eigenvalue weighted by molar-refractivity contribution is -0.122. The number of halogens is 1. The third kappa shape index (κ3) is 3.46. The zero-order valence-electron chi connectivity index (χ0n) is 9.67. The number of hydrogen-bond acceptors (Lipinski definition) is 4. The van der Waals surface area contributed by atoms with Gasteiger partial charge >= 0.3 is 0 Å². The lowest BCUT2D eigenvalue weighted by atomic mass is 10.2. The standard InChI is InChI=1S/C10H14ClN3O3S/c11-18(16,17)9-5-12-14(6-9)7-10(15)13-8-3-1-2-4-8/h5-6,8H,1-4,7H2,(H,13,15). The van der Waals surface area contributed by atoms with Crippen LogP contribution < -0.4 is 5.32 Å². The Balaban J connectivity index is 1.92. The number of nitrogens with one attached hydrogen (secondary N) is 1. The van der Waals surface area contributed by atoms with Crippen molar-refractivity contribution in [2.45, 2.75) is 43.2 Å². The maximum atomic E-state index is 11.7. The topological polar surface area (TPSA) is 81.1 Å². The van der Waals surface area contributed by atoms with Crippen molar-refractivity contribution in [1.82, 2.24) is 15.1 Å². The molecule has 0 spiro atoms. The molecule has 0 radical (unpaired) electrons. The molecule has 0 aromatic carbocycles. The summed E-state index contributed by atoms with van der Waals surface area (Å²) in [5, 5.41) is 6.68. The van der Waals surface area contributed by atoms with Crippen molar-refractivity contribution in [3.63, 3.8) is 0 Å². The summed E-state index contributed by atoms with van der Waals surface area (Å²) in [5.74, 6) is -0.163. The fraction of sp³-hybridized carbons (Fsp3) is 0.600. The number of rotatable bonds is 4. The van der Waals surface area contributed by atoms with Crippen LogP contribution in [0.2, 0.25) is 0 Å². The highest BCUT2D eigenvalue weighted by Gasteiger charge is 2.18. The van der Waals surface area contributed by atoms with Gasteiger partial charge in [0.05, 0.1) is 6.20 Å². The molecule has 0 aliphatic heterocycles. The molecule has 2 rings (SSSR count). The third-order valence-corrected chi connectivity index (χ3v) is 4.23. The van der Waals surface area contributed by atoms with Crippen molar-refractivity contribution < 1.29 is 13.2 Å². The van der Waals surface area contributed by atoms with Crippen LogP contribution in [0.4, 0.5) is 0 Å². The molecular formula is C10H14ClN3O3S. The average Bonchev–Trinajstić information content (AvgIpc) is 2.87. The van der Waals surface area contributed by atoms with Gasteiger partial charge in [0.15, 0.2) is 0 Å². The molecule has 0 atom stereocenters. The van der Waals surface area contributed by atoms with Crippen molar-refractivity contribution in [2.75, 3.05) is 0 Å².